The molecule has 0 amide bonds. The number of anilines is 1. The first kappa shape index (κ1) is 13.9. The van der Waals surface area contributed by atoms with Crippen LogP contribution in [0.15, 0.2) is 29.1 Å². The van der Waals surface area contributed by atoms with Crippen molar-refractivity contribution in [2.45, 2.75) is 18.8 Å². The van der Waals surface area contributed by atoms with Crippen LogP contribution in [0.3, 0.4) is 0 Å². The summed E-state index contributed by atoms with van der Waals surface area (Å²) >= 11 is 0. The van der Waals surface area contributed by atoms with Gasteiger partial charge >= 0.3 is 0 Å². The molecule has 1 fully saturated rings. The molecule has 0 unspecified atom stereocenters. The molecule has 8 nitrogen and oxygen atoms in total. The number of nitrogens with zero attached hydrogens (tertiary/aromatic N) is 1. The van der Waals surface area contributed by atoms with Crippen molar-refractivity contribution < 1.29 is 9.57 Å². The molecule has 4 N–H and O–H groups in total. The predicted octanol–water partition coefficient (Wildman–Crippen LogP) is 1.88. The lowest BCUT2D eigenvalue weighted by atomic mass is 10.2. The van der Waals surface area contributed by atoms with Gasteiger partial charge in [0.05, 0.1) is 10.9 Å². The summed E-state index contributed by atoms with van der Waals surface area (Å²) in [6.07, 6.45) is 2.46. The van der Waals surface area contributed by atoms with E-state index in [4.69, 9.17) is 9.57 Å². The predicted molar refractivity (Wildman–Crippen MR) is 84.6 cm³/mol. The summed E-state index contributed by atoms with van der Waals surface area (Å²) in [5.74, 6) is 1.99. The maximum absolute atomic E-state index is 11.4. The fraction of sp³-hybridized carbons (Fsp3) is 0.333. The number of aromatic nitrogens is 4. The number of H-pyrrole nitrogens is 3. The van der Waals surface area contributed by atoms with Gasteiger partial charge in [-0.15, -0.1) is 0 Å². The number of hydrogen-bond donors (Lipinski definition) is 4. The Balaban J connectivity index is 1.23. The summed E-state index contributed by atoms with van der Waals surface area (Å²) in [5.41, 5.74) is 4.53. The average Bonchev–Trinajstić information content (AvgIpc) is 3.20. The topological polar surface area (TPSA) is 108 Å². The number of nitrogens with one attached hydrogen (secondary N) is 4. The molecule has 8 heteroatoms. The van der Waals surface area contributed by atoms with Gasteiger partial charge in [0.1, 0.15) is 19.0 Å². The highest BCUT2D eigenvalue weighted by Crippen LogP contribution is 2.39. The van der Waals surface area contributed by atoms with Crippen molar-refractivity contribution in [3.63, 3.8) is 0 Å². The van der Waals surface area contributed by atoms with Crippen molar-refractivity contribution in [2.75, 3.05) is 18.7 Å². The van der Waals surface area contributed by atoms with Gasteiger partial charge in [0.15, 0.2) is 5.82 Å². The molecule has 2 heterocycles. The van der Waals surface area contributed by atoms with E-state index in [1.165, 1.54) is 12.8 Å². The SMILES string of the molecule is O=c1[nH][nH]c2cc(OCCONc3cc(C4CC4)[nH]n3)ccc12. The zero-order chi connectivity index (χ0) is 15.6. The minimum atomic E-state index is -0.136. The summed E-state index contributed by atoms with van der Waals surface area (Å²) in [5, 5.41) is 13.1. The van der Waals surface area contributed by atoms with Crippen LogP contribution >= 0.6 is 0 Å². The molecule has 1 aromatic carbocycles. The van der Waals surface area contributed by atoms with Crippen molar-refractivity contribution in [2.24, 2.45) is 0 Å². The lowest BCUT2D eigenvalue weighted by Crippen LogP contribution is -2.10. The third-order valence-electron chi connectivity index (χ3n) is 3.79. The third-order valence-corrected chi connectivity index (χ3v) is 3.79. The Labute approximate surface area is 131 Å². The van der Waals surface area contributed by atoms with Crippen LogP contribution in [0.1, 0.15) is 24.5 Å². The molecule has 0 saturated heterocycles. The van der Waals surface area contributed by atoms with Gasteiger partial charge in [-0.25, -0.2) is 5.48 Å². The number of benzene rings is 1. The second-order valence-electron chi connectivity index (χ2n) is 5.57. The zero-order valence-electron chi connectivity index (χ0n) is 12.4. The van der Waals surface area contributed by atoms with Crippen LogP contribution in [0.4, 0.5) is 5.82 Å². The second-order valence-corrected chi connectivity index (χ2v) is 5.57. The maximum atomic E-state index is 11.4. The lowest BCUT2D eigenvalue weighted by molar-refractivity contribution is 0.142. The van der Waals surface area contributed by atoms with Gasteiger partial charge in [0, 0.05) is 23.7 Å². The largest absolute Gasteiger partial charge is 0.491 e. The van der Waals surface area contributed by atoms with E-state index >= 15 is 0 Å². The van der Waals surface area contributed by atoms with Crippen molar-refractivity contribution in [3.05, 3.63) is 40.3 Å². The molecule has 23 heavy (non-hydrogen) atoms. The number of ether oxygens (including phenoxy) is 1. The van der Waals surface area contributed by atoms with Crippen molar-refractivity contribution in [1.82, 2.24) is 20.4 Å². The van der Waals surface area contributed by atoms with Crippen molar-refractivity contribution in [1.29, 1.82) is 0 Å². The summed E-state index contributed by atoms with van der Waals surface area (Å²) in [4.78, 5) is 16.7. The maximum Gasteiger partial charge on any atom is 0.271 e. The van der Waals surface area contributed by atoms with Crippen LogP contribution in [0.5, 0.6) is 5.75 Å². The van der Waals surface area contributed by atoms with Crippen LogP contribution in [0, 0.1) is 0 Å². The molecular formula is C15H17N5O3. The Morgan fingerprint density at radius 3 is 3.00 bits per heavy atom. The third kappa shape index (κ3) is 3.07. The standard InChI is InChI=1S/C15H17N5O3/c21-15-11-4-3-10(7-13(11)17-19-15)22-5-6-23-20-14-8-12(16-18-14)9-1-2-9/h3-4,7-9H,1-2,5-6H2,(H2,16,18,20)(H2,17,19,21). The normalized spacial score (nSPS) is 14.3. The molecule has 120 valence electrons. The minimum Gasteiger partial charge on any atom is -0.491 e. The molecular weight excluding hydrogens is 298 g/mol. The number of fused-ring (bicyclic) bond motifs is 1. The lowest BCUT2D eigenvalue weighted by Gasteiger charge is -2.07. The molecule has 1 aliphatic carbocycles. The van der Waals surface area contributed by atoms with Crippen molar-refractivity contribution >= 4 is 16.7 Å². The van der Waals surface area contributed by atoms with Crippen LogP contribution in [-0.2, 0) is 4.84 Å². The van der Waals surface area contributed by atoms with E-state index in [0.717, 1.165) is 11.2 Å². The number of rotatable bonds is 7. The van der Waals surface area contributed by atoms with E-state index in [2.05, 4.69) is 25.9 Å². The molecule has 0 atom stereocenters. The second kappa shape index (κ2) is 5.81. The highest BCUT2D eigenvalue weighted by atomic mass is 16.7. The summed E-state index contributed by atoms with van der Waals surface area (Å²) < 4.78 is 5.59. The quantitative estimate of drug-likeness (QED) is 0.393. The first-order valence-corrected chi connectivity index (χ1v) is 7.56. The molecule has 0 spiro atoms. The number of hydrogen-bond acceptors (Lipinski definition) is 5. The monoisotopic (exact) mass is 315 g/mol. The highest BCUT2D eigenvalue weighted by molar-refractivity contribution is 5.79. The van der Waals surface area contributed by atoms with Gasteiger partial charge in [0.25, 0.3) is 5.56 Å². The van der Waals surface area contributed by atoms with Crippen LogP contribution in [-0.4, -0.2) is 33.6 Å². The van der Waals surface area contributed by atoms with E-state index < -0.39 is 0 Å². The van der Waals surface area contributed by atoms with Crippen LogP contribution < -0.4 is 15.8 Å². The molecule has 0 aliphatic heterocycles. The molecule has 1 aliphatic rings. The summed E-state index contributed by atoms with van der Waals surface area (Å²) in [6, 6.07) is 7.22. The van der Waals surface area contributed by atoms with Gasteiger partial charge in [0.2, 0.25) is 0 Å². The summed E-state index contributed by atoms with van der Waals surface area (Å²) in [6.45, 7) is 0.750. The molecule has 2 aromatic heterocycles. The first-order valence-electron chi connectivity index (χ1n) is 7.56. The zero-order valence-corrected chi connectivity index (χ0v) is 12.4. The van der Waals surface area contributed by atoms with Crippen LogP contribution in [0.2, 0.25) is 0 Å². The van der Waals surface area contributed by atoms with E-state index in [9.17, 15) is 4.79 Å². The van der Waals surface area contributed by atoms with E-state index in [1.807, 2.05) is 6.07 Å². The van der Waals surface area contributed by atoms with E-state index in [-0.39, 0.29) is 5.56 Å². The smallest absolute Gasteiger partial charge is 0.271 e. The van der Waals surface area contributed by atoms with E-state index in [1.54, 1.807) is 18.2 Å². The summed E-state index contributed by atoms with van der Waals surface area (Å²) in [7, 11) is 0. The van der Waals surface area contributed by atoms with Gasteiger partial charge in [-0.05, 0) is 25.0 Å². The molecule has 1 saturated carbocycles. The minimum absolute atomic E-state index is 0.136. The number of aromatic amines is 3. The van der Waals surface area contributed by atoms with Crippen molar-refractivity contribution in [3.8, 4) is 5.75 Å². The van der Waals surface area contributed by atoms with Gasteiger partial charge < -0.3 is 4.74 Å². The van der Waals surface area contributed by atoms with Crippen LogP contribution in [0.25, 0.3) is 10.9 Å². The Hall–Kier alpha value is -2.74. The van der Waals surface area contributed by atoms with Gasteiger partial charge in [-0.3, -0.25) is 24.9 Å². The Morgan fingerprint density at radius 2 is 2.13 bits per heavy atom. The Morgan fingerprint density at radius 1 is 1.22 bits per heavy atom. The molecule has 0 bridgehead atoms. The Bertz CT molecular complexity index is 861. The molecule has 4 rings (SSSR count). The Kier molecular flexibility index (Phi) is 3.51. The van der Waals surface area contributed by atoms with Gasteiger partial charge in [-0.2, -0.15) is 5.10 Å². The van der Waals surface area contributed by atoms with Gasteiger partial charge in [-0.1, -0.05) is 0 Å². The van der Waals surface area contributed by atoms with E-state index in [0.29, 0.717) is 36.1 Å². The first-order chi connectivity index (χ1) is 11.3. The molecule has 3 aromatic rings. The fourth-order valence-corrected chi connectivity index (χ4v) is 2.42. The average molecular weight is 315 g/mol. The fourth-order valence-electron chi connectivity index (χ4n) is 2.42. The highest BCUT2D eigenvalue weighted by Gasteiger charge is 2.25. The molecule has 0 radical (unpaired) electrons.